The third kappa shape index (κ3) is 22.7. The van der Waals surface area contributed by atoms with E-state index in [9.17, 15) is 19.2 Å². The number of hydrogen-bond donors (Lipinski definition) is 4. The van der Waals surface area contributed by atoms with Crippen LogP contribution in [0.3, 0.4) is 0 Å². The lowest BCUT2D eigenvalue weighted by molar-refractivity contribution is 0.154. The van der Waals surface area contributed by atoms with Crippen molar-refractivity contribution < 1.29 is 38.1 Å². The van der Waals surface area contributed by atoms with Gasteiger partial charge >= 0.3 is 24.4 Å². The molecule has 4 unspecified atom stereocenters. The smallest absolute Gasteiger partial charge is 0.414 e. The number of nitrogens with one attached hydrogen (secondary N) is 4. The zero-order valence-corrected chi connectivity index (χ0v) is 78.5. The Kier molecular flexibility index (Phi) is 30.6. The van der Waals surface area contributed by atoms with Gasteiger partial charge in [0.1, 0.15) is 13.2 Å². The average molecular weight is 1950 g/mol. The quantitative estimate of drug-likeness (QED) is 0.0582. The van der Waals surface area contributed by atoms with E-state index in [0.717, 1.165) is 153 Å². The summed E-state index contributed by atoms with van der Waals surface area (Å²) in [5, 5.41) is 15.4. The van der Waals surface area contributed by atoms with Crippen molar-refractivity contribution in [2.75, 3.05) is 34.5 Å². The number of aromatic nitrogens is 8. The van der Waals surface area contributed by atoms with E-state index in [4.69, 9.17) is 123 Å². The van der Waals surface area contributed by atoms with Crippen LogP contribution in [-0.2, 0) is 70.7 Å². The third-order valence-corrected chi connectivity index (χ3v) is 26.5. The number of halogens is 9. The molecule has 0 radical (unpaired) electrons. The van der Waals surface area contributed by atoms with Gasteiger partial charge in [-0.05, 0) is 195 Å². The van der Waals surface area contributed by atoms with Gasteiger partial charge in [-0.25, -0.2) is 59.0 Å². The van der Waals surface area contributed by atoms with Crippen LogP contribution in [0.1, 0.15) is 139 Å². The van der Waals surface area contributed by atoms with Crippen molar-refractivity contribution in [3.63, 3.8) is 0 Å². The molecular weight excluding hydrogens is 1860 g/mol. The van der Waals surface area contributed by atoms with Crippen molar-refractivity contribution in [2.24, 2.45) is 0 Å². The van der Waals surface area contributed by atoms with Crippen LogP contribution in [0.2, 0.25) is 45.2 Å². The number of carbonyl (C=O) groups is 4. The van der Waals surface area contributed by atoms with Crippen molar-refractivity contribution in [3.8, 4) is 45.0 Å². The molecule has 15 aromatic rings. The number of benzene rings is 11. The summed E-state index contributed by atoms with van der Waals surface area (Å²) >= 11 is 55.8. The van der Waals surface area contributed by atoms with Crippen LogP contribution < -0.4 is 21.3 Å². The van der Waals surface area contributed by atoms with Gasteiger partial charge in [0, 0.05) is 82.2 Å². The van der Waals surface area contributed by atoms with E-state index in [2.05, 4.69) is 92.3 Å². The number of aryl methyl sites for hydroxylation is 2. The molecule has 19 rings (SSSR count). The highest BCUT2D eigenvalue weighted by atomic mass is 35.5. The maximum atomic E-state index is 12.4. The molecule has 4 aromatic heterocycles. The lowest BCUT2D eigenvalue weighted by Crippen LogP contribution is -2.19. The molecule has 0 fully saturated rings. The first-order valence-corrected chi connectivity index (χ1v) is 46.2. The van der Waals surface area contributed by atoms with E-state index in [1.165, 1.54) is 5.56 Å². The summed E-state index contributed by atoms with van der Waals surface area (Å²) in [6, 6.07) is 78.6. The van der Waals surface area contributed by atoms with Gasteiger partial charge in [-0.2, -0.15) is 0 Å². The number of hydrogen-bond acceptors (Lipinski definition) is 16. The molecule has 20 nitrogen and oxygen atoms in total. The minimum atomic E-state index is -0.616. The van der Waals surface area contributed by atoms with Crippen LogP contribution in [0.15, 0.2) is 267 Å². The van der Waals surface area contributed by atoms with Gasteiger partial charge in [0.25, 0.3) is 0 Å². The first-order chi connectivity index (χ1) is 64.6. The van der Waals surface area contributed by atoms with Crippen LogP contribution in [-0.4, -0.2) is 77.5 Å². The molecule has 11 aromatic carbocycles. The van der Waals surface area contributed by atoms with Crippen molar-refractivity contribution in [1.29, 1.82) is 0 Å². The maximum absolute atomic E-state index is 12.4. The van der Waals surface area contributed by atoms with Crippen molar-refractivity contribution in [3.05, 3.63) is 407 Å². The zero-order valence-electron chi connectivity index (χ0n) is 71.7. The van der Waals surface area contributed by atoms with Gasteiger partial charge in [0.05, 0.1) is 76.2 Å². The molecule has 4 aliphatic rings. The fourth-order valence-corrected chi connectivity index (χ4v) is 17.9. The largest absolute Gasteiger partial charge is 0.449 e. The monoisotopic (exact) mass is 1940 g/mol. The molecule has 29 heteroatoms. The normalized spacial score (nSPS) is 14.2. The number of fused-ring (bicyclic) bond motifs is 12. The van der Waals surface area contributed by atoms with E-state index >= 15 is 0 Å². The Morgan fingerprint density at radius 3 is 0.947 bits per heavy atom. The number of ether oxygens (including phenoxy) is 4. The molecule has 0 bridgehead atoms. The van der Waals surface area contributed by atoms with Crippen LogP contribution in [0.4, 0.5) is 43.0 Å². The minimum Gasteiger partial charge on any atom is -0.449 e. The van der Waals surface area contributed by atoms with Gasteiger partial charge in [0.2, 0.25) is 23.8 Å². The predicted octanol–water partition coefficient (Wildman–Crippen LogP) is 28.3. The van der Waals surface area contributed by atoms with Crippen LogP contribution in [0.25, 0.3) is 45.0 Å². The number of amides is 4. The van der Waals surface area contributed by atoms with Crippen LogP contribution in [0.5, 0.6) is 0 Å². The molecule has 670 valence electrons. The molecule has 0 spiro atoms. The summed E-state index contributed by atoms with van der Waals surface area (Å²) in [5.74, 6) is 1.23. The maximum Gasteiger partial charge on any atom is 0.414 e. The van der Waals surface area contributed by atoms with Crippen molar-refractivity contribution >= 4 is 153 Å². The second-order valence-electron chi connectivity index (χ2n) is 31.7. The van der Waals surface area contributed by atoms with Gasteiger partial charge in [-0.1, -0.05) is 306 Å². The van der Waals surface area contributed by atoms with Gasteiger partial charge in [0.15, 0.2) is 0 Å². The Morgan fingerprint density at radius 2 is 0.617 bits per heavy atom. The van der Waals surface area contributed by atoms with E-state index in [0.29, 0.717) is 77.5 Å². The second kappa shape index (κ2) is 43.4. The number of rotatable bonds is 18. The first kappa shape index (κ1) is 93.7. The lowest BCUT2D eigenvalue weighted by atomic mass is 9.78. The van der Waals surface area contributed by atoms with Crippen molar-refractivity contribution in [2.45, 2.75) is 103 Å². The summed E-state index contributed by atoms with van der Waals surface area (Å²) in [7, 11) is 0. The van der Waals surface area contributed by atoms with Gasteiger partial charge < -0.3 is 18.9 Å². The zero-order chi connectivity index (χ0) is 92.8. The number of nitrogens with zero attached hydrogens (tertiary/aromatic N) is 8. The SMILES string of the molecule is CCCOC(=O)Nc1ncc2c(n1)-c1ccccc1C(c1ccc(Cl)c(Cl)c1)C2.CCc1ccc(COC(=O)Nc2ncc3c(n2)-c2ccccc2C(c2ccc(Cl)c(Cl)c2)C3)cc1.Cc1ccccc1COC(=O)Nc1ncc2c(n1)-c1ccccc1C(c1ccc(Cl)c(Cl)c1)C2.O=C(Nc1ncc2c(n1)-c1ccccc1C(c1ccc(Cl)c(Cl)c1)C2)OCCc1ccccc1Cl. The van der Waals surface area contributed by atoms with Gasteiger partial charge in [-0.3, -0.25) is 21.3 Å². The van der Waals surface area contributed by atoms with Crippen molar-refractivity contribution in [1.82, 2.24) is 39.9 Å². The highest BCUT2D eigenvalue weighted by Crippen LogP contribution is 2.48. The molecule has 4 atom stereocenters. The molecule has 4 N–H and O–H groups in total. The van der Waals surface area contributed by atoms with E-state index in [1.807, 2.05) is 232 Å². The fourth-order valence-electron chi connectivity index (χ4n) is 16.5. The molecule has 0 saturated carbocycles. The van der Waals surface area contributed by atoms with Crippen LogP contribution in [0, 0.1) is 6.92 Å². The Balaban J connectivity index is 0.000000129. The molecule has 4 aliphatic carbocycles. The lowest BCUT2D eigenvalue weighted by Gasteiger charge is -2.27. The molecule has 133 heavy (non-hydrogen) atoms. The van der Waals surface area contributed by atoms with E-state index < -0.39 is 24.4 Å². The fraction of sp³-hybridized carbons (Fsp3) is 0.173. The van der Waals surface area contributed by atoms with Crippen LogP contribution >= 0.6 is 104 Å². The molecule has 4 heterocycles. The first-order valence-electron chi connectivity index (χ1n) is 42.8. The molecule has 0 saturated heterocycles. The van der Waals surface area contributed by atoms with Gasteiger partial charge in [-0.15, -0.1) is 0 Å². The summed E-state index contributed by atoms with van der Waals surface area (Å²) in [6.07, 6.45) is 9.77. The second-order valence-corrected chi connectivity index (χ2v) is 35.4. The summed E-state index contributed by atoms with van der Waals surface area (Å²) in [4.78, 5) is 84.9. The molecule has 0 aliphatic heterocycles. The number of carbonyl (C=O) groups excluding carboxylic acids is 4. The molecular formula is C104H83Cl9N12O8. The highest BCUT2D eigenvalue weighted by molar-refractivity contribution is 6.43. The Bertz CT molecular complexity index is 6880. The average Bonchev–Trinajstić information content (AvgIpc) is 0.771. The Morgan fingerprint density at radius 1 is 0.316 bits per heavy atom. The third-order valence-electron chi connectivity index (χ3n) is 23.2. The molecule has 4 amide bonds. The Labute approximate surface area is 813 Å². The topological polar surface area (TPSA) is 256 Å². The van der Waals surface area contributed by atoms with E-state index in [1.54, 1.807) is 24.8 Å². The predicted molar refractivity (Wildman–Crippen MR) is 528 cm³/mol. The number of anilines is 4. The summed E-state index contributed by atoms with van der Waals surface area (Å²) < 4.78 is 21.1. The Hall–Kier alpha value is -12.6. The summed E-state index contributed by atoms with van der Waals surface area (Å²) in [5.41, 5.74) is 25.2. The standard InChI is InChI=1S/C28H23Cl2N3O2.C27H20Cl3N3O2.C27H21Cl2N3O2.C22H19Cl2N3O2/c1-2-17-7-9-18(10-8-17)16-35-28(34)33-27-31-15-20-13-23(19-11-12-24(29)25(30)14-19)21-5-3-4-6-22(21)26(20)32-27;28-22-8-4-1-5-16(22)11-12-35-27(34)33-26-31-15-18-13-21(17-9-10-23(29)24(30)14-17)19-6-2-3-7-20(19)25(18)32-26;1-16-6-2-3-7-18(16)15-34-27(33)32-26-30-14-19-12-22(17-10-11-23(28)24(29)13-17)20-8-4-5-9-21(20)25(19)31-26;1-2-9-29-22(28)27-21-25-12-14-10-17(13-7-8-18(23)19(24)11-13)15-5-3-4-6-16(15)20(14)26-21/h3-12,14-15,23H,2,13,16H2,1H3,(H,31,32,33,34);1-10,14-15,21H,11-13H2,(H,31,32,33,34);2-11,13-14,22H,12,15H2,1H3,(H,30,31,32,33);3-8,11-12,17H,2,9-10H2,1H3,(H,25,26,27,28). The summed E-state index contributed by atoms with van der Waals surface area (Å²) in [6.45, 7) is 6.91. The highest BCUT2D eigenvalue weighted by Gasteiger charge is 2.34. The van der Waals surface area contributed by atoms with E-state index in [-0.39, 0.29) is 67.3 Å². The minimum absolute atomic E-state index is 0.0886.